The number of aromatic nitrogens is 1. The highest BCUT2D eigenvalue weighted by Gasteiger charge is 2.21. The number of benzene rings is 2. The van der Waals surface area contributed by atoms with E-state index in [1.165, 1.54) is 24.3 Å². The van der Waals surface area contributed by atoms with E-state index in [0.717, 1.165) is 12.1 Å². The second kappa shape index (κ2) is 7.14. The molecule has 0 aliphatic heterocycles. The minimum absolute atomic E-state index is 0.0620. The van der Waals surface area contributed by atoms with Crippen LogP contribution in [0.3, 0.4) is 0 Å². The predicted octanol–water partition coefficient (Wildman–Crippen LogP) is 3.22. The van der Waals surface area contributed by atoms with Crippen LogP contribution in [-0.2, 0) is 9.13 Å². The molecule has 1 heterocycles. The van der Waals surface area contributed by atoms with Gasteiger partial charge < -0.3 is 13.5 Å². The van der Waals surface area contributed by atoms with Crippen molar-refractivity contribution in [2.24, 2.45) is 0 Å². The minimum atomic E-state index is -4.93. The summed E-state index contributed by atoms with van der Waals surface area (Å²) in [6.45, 7) is 3.57. The fourth-order valence-electron chi connectivity index (χ4n) is 2.33. The largest absolute Gasteiger partial charge is 0.524 e. The van der Waals surface area contributed by atoms with Gasteiger partial charge in [0, 0.05) is 17.2 Å². The zero-order valence-electron chi connectivity index (χ0n) is 13.7. The molecule has 0 aliphatic carbocycles. The molecule has 0 amide bonds. The van der Waals surface area contributed by atoms with E-state index in [1.807, 2.05) is 0 Å². The van der Waals surface area contributed by atoms with Gasteiger partial charge in [-0.1, -0.05) is 12.7 Å². The van der Waals surface area contributed by atoms with Gasteiger partial charge in [0.1, 0.15) is 11.3 Å². The Morgan fingerprint density at radius 3 is 2.32 bits per heavy atom. The van der Waals surface area contributed by atoms with Gasteiger partial charge >= 0.3 is 15.6 Å². The average Bonchev–Trinajstić information content (AvgIpc) is 2.97. The summed E-state index contributed by atoms with van der Waals surface area (Å²) in [4.78, 5) is 39.5. The molecule has 0 aliphatic rings. The zero-order valence-corrected chi connectivity index (χ0v) is 15.5. The van der Waals surface area contributed by atoms with Gasteiger partial charge in [-0.3, -0.25) is 19.6 Å². The van der Waals surface area contributed by atoms with Gasteiger partial charge in [0.25, 0.3) is 0 Å². The number of hydrogen-bond donors (Lipinski definition) is 4. The Hall–Kier alpha value is -2.52. The molecule has 3 rings (SSSR count). The summed E-state index contributed by atoms with van der Waals surface area (Å²) >= 11 is 0. The van der Waals surface area contributed by atoms with E-state index in [0.29, 0.717) is 5.56 Å². The fraction of sp³-hybridized carbons (Fsp3) is 0. The lowest BCUT2D eigenvalue weighted by Gasteiger charge is -2.07. The molecule has 0 unspecified atom stereocenters. The Balaban J connectivity index is 2.04. The predicted molar refractivity (Wildman–Crippen MR) is 94.8 cm³/mol. The Bertz CT molecular complexity index is 1160. The van der Waals surface area contributed by atoms with Crippen molar-refractivity contribution in [1.82, 2.24) is 4.98 Å². The molecule has 13 heteroatoms. The molecule has 0 saturated carbocycles. The minimum Gasteiger partial charge on any atom is -0.435 e. The molecular weight excluding hydrogens is 419 g/mol. The highest BCUT2D eigenvalue weighted by atomic mass is 31.2. The van der Waals surface area contributed by atoms with Crippen molar-refractivity contribution >= 4 is 32.8 Å². The Kier molecular flexibility index (Phi) is 5.16. The topological polar surface area (TPSA) is 160 Å². The molecule has 0 atom stereocenters. The second-order valence-electron chi connectivity index (χ2n) is 5.39. The lowest BCUT2D eigenvalue weighted by Crippen LogP contribution is -1.93. The Morgan fingerprint density at radius 2 is 1.75 bits per heavy atom. The monoisotopic (exact) mass is 431 g/mol. The van der Waals surface area contributed by atoms with Crippen molar-refractivity contribution in [2.75, 3.05) is 0 Å². The number of fused-ring (bicyclic) bond motifs is 1. The molecule has 3 aromatic rings. The van der Waals surface area contributed by atoms with E-state index < -0.39 is 27.2 Å². The van der Waals surface area contributed by atoms with E-state index in [2.05, 4.69) is 20.6 Å². The van der Waals surface area contributed by atoms with Crippen LogP contribution in [-0.4, -0.2) is 24.6 Å². The Labute approximate surface area is 156 Å². The first-order valence-corrected chi connectivity index (χ1v) is 10.4. The third-order valence-corrected chi connectivity index (χ3v) is 4.22. The number of rotatable bonds is 6. The zero-order chi connectivity index (χ0) is 20.7. The van der Waals surface area contributed by atoms with Crippen LogP contribution in [0.1, 0.15) is 5.56 Å². The fourth-order valence-corrected chi connectivity index (χ4v) is 3.12. The summed E-state index contributed by atoms with van der Waals surface area (Å²) in [6, 6.07) is 5.65. The first-order chi connectivity index (χ1) is 12.9. The van der Waals surface area contributed by atoms with Gasteiger partial charge in [0.15, 0.2) is 17.1 Å². The molecule has 0 spiro atoms. The lowest BCUT2D eigenvalue weighted by atomic mass is 10.2. The van der Waals surface area contributed by atoms with Gasteiger partial charge in [-0.15, -0.1) is 0 Å². The SMILES string of the molecule is C=Cc1cc(OP(=O)(O)O)cc2nc(-c3ccc(OP(=O)(O)O)c(F)c3)oc12. The molecule has 10 nitrogen and oxygen atoms in total. The van der Waals surface area contributed by atoms with E-state index in [9.17, 15) is 13.5 Å². The maximum atomic E-state index is 14.1. The van der Waals surface area contributed by atoms with E-state index >= 15 is 0 Å². The van der Waals surface area contributed by atoms with Crippen LogP contribution in [0.2, 0.25) is 0 Å². The van der Waals surface area contributed by atoms with Gasteiger partial charge in [0.05, 0.1) is 0 Å². The molecule has 148 valence electrons. The quantitative estimate of drug-likeness (QED) is 0.427. The van der Waals surface area contributed by atoms with E-state index in [1.54, 1.807) is 0 Å². The smallest absolute Gasteiger partial charge is 0.435 e. The molecule has 0 saturated heterocycles. The van der Waals surface area contributed by atoms with Crippen LogP contribution in [0.5, 0.6) is 11.5 Å². The standard InChI is InChI=1S/C15H12FNO9P2/c1-2-8-5-10(25-27(18,19)20)7-12-14(8)24-15(17-12)9-3-4-13(11(16)6-9)26-28(21,22)23/h2-7H,1H2,(H2,18,19,20)(H2,21,22,23). The van der Waals surface area contributed by atoms with Crippen LogP contribution >= 0.6 is 15.6 Å². The highest BCUT2D eigenvalue weighted by Crippen LogP contribution is 2.41. The number of phosphoric acid groups is 2. The molecular formula is C15H12FNO9P2. The summed E-state index contributed by atoms with van der Waals surface area (Å²) in [6.07, 6.45) is 1.35. The first-order valence-electron chi connectivity index (χ1n) is 7.32. The van der Waals surface area contributed by atoms with Gasteiger partial charge in [-0.25, -0.2) is 18.5 Å². The molecule has 4 N–H and O–H groups in total. The van der Waals surface area contributed by atoms with Crippen LogP contribution in [0.4, 0.5) is 4.39 Å². The summed E-state index contributed by atoms with van der Waals surface area (Å²) < 4.78 is 50.2. The van der Waals surface area contributed by atoms with Gasteiger partial charge in [-0.05, 0) is 24.3 Å². The van der Waals surface area contributed by atoms with Gasteiger partial charge in [0.2, 0.25) is 5.89 Å². The van der Waals surface area contributed by atoms with Crippen molar-refractivity contribution in [2.45, 2.75) is 0 Å². The van der Waals surface area contributed by atoms with E-state index in [4.69, 9.17) is 24.0 Å². The normalized spacial score (nSPS) is 12.2. The van der Waals surface area contributed by atoms with Crippen LogP contribution < -0.4 is 9.05 Å². The second-order valence-corrected chi connectivity index (χ2v) is 7.72. The van der Waals surface area contributed by atoms with Crippen molar-refractivity contribution in [3.63, 3.8) is 0 Å². The number of phosphoric ester groups is 2. The number of halogens is 1. The molecule has 0 fully saturated rings. The first kappa shape index (κ1) is 20.2. The van der Waals surface area contributed by atoms with Crippen molar-refractivity contribution in [3.05, 3.63) is 48.3 Å². The Morgan fingerprint density at radius 1 is 1.07 bits per heavy atom. The van der Waals surface area contributed by atoms with Crippen molar-refractivity contribution < 1.29 is 46.6 Å². The van der Waals surface area contributed by atoms with E-state index in [-0.39, 0.29) is 28.3 Å². The number of hydrogen-bond acceptors (Lipinski definition) is 6. The summed E-state index contributed by atoms with van der Waals surface area (Å²) in [5, 5.41) is 0. The van der Waals surface area contributed by atoms with Gasteiger partial charge in [-0.2, -0.15) is 0 Å². The van der Waals surface area contributed by atoms with Crippen LogP contribution in [0.25, 0.3) is 28.6 Å². The van der Waals surface area contributed by atoms with Crippen molar-refractivity contribution in [1.29, 1.82) is 0 Å². The lowest BCUT2D eigenvalue weighted by molar-refractivity contribution is 0.277. The maximum absolute atomic E-state index is 14.1. The molecule has 28 heavy (non-hydrogen) atoms. The van der Waals surface area contributed by atoms with Crippen LogP contribution in [0.15, 0.2) is 41.3 Å². The molecule has 1 aromatic heterocycles. The van der Waals surface area contributed by atoms with Crippen molar-refractivity contribution in [3.8, 4) is 23.0 Å². The molecule has 2 aromatic carbocycles. The maximum Gasteiger partial charge on any atom is 0.524 e. The number of nitrogens with zero attached hydrogens (tertiary/aromatic N) is 1. The average molecular weight is 431 g/mol. The molecule has 0 bridgehead atoms. The summed E-state index contributed by atoms with van der Waals surface area (Å²) in [5.74, 6) is -1.95. The number of oxazole rings is 1. The molecule has 0 radical (unpaired) electrons. The third kappa shape index (κ3) is 4.66. The summed E-state index contributed by atoms with van der Waals surface area (Å²) in [7, 11) is -9.72. The van der Waals surface area contributed by atoms with Crippen LogP contribution in [0, 0.1) is 5.82 Å². The summed E-state index contributed by atoms with van der Waals surface area (Å²) in [5.41, 5.74) is 0.812. The third-order valence-electron chi connectivity index (χ3n) is 3.33. The highest BCUT2D eigenvalue weighted by molar-refractivity contribution is 7.47.